The van der Waals surface area contributed by atoms with E-state index >= 15 is 0 Å². The van der Waals surface area contributed by atoms with Gasteiger partial charge in [-0.15, -0.1) is 11.3 Å². The molecule has 17 heavy (non-hydrogen) atoms. The van der Waals surface area contributed by atoms with Crippen LogP contribution in [0.5, 0.6) is 0 Å². The summed E-state index contributed by atoms with van der Waals surface area (Å²) in [5, 5.41) is 0.462. The molecule has 0 bridgehead atoms. The van der Waals surface area contributed by atoms with Gasteiger partial charge in [0.2, 0.25) is 5.91 Å². The van der Waals surface area contributed by atoms with Crippen LogP contribution in [0.3, 0.4) is 0 Å². The molecular weight excluding hydrogens is 240 g/mol. The minimum Gasteiger partial charge on any atom is -0.390 e. The van der Waals surface area contributed by atoms with Crippen LogP contribution in [0.4, 0.5) is 5.00 Å². The zero-order chi connectivity index (χ0) is 12.6. The van der Waals surface area contributed by atoms with Gasteiger partial charge in [-0.3, -0.25) is 14.5 Å². The second-order valence-electron chi connectivity index (χ2n) is 4.03. The molecule has 0 aliphatic carbocycles. The van der Waals surface area contributed by atoms with Crippen molar-refractivity contribution in [2.24, 2.45) is 11.5 Å². The van der Waals surface area contributed by atoms with Crippen molar-refractivity contribution in [3.05, 3.63) is 16.0 Å². The Hall–Kier alpha value is -1.60. The number of nitrogen functional groups attached to an aromatic ring is 1. The molecule has 0 atom stereocenters. The third kappa shape index (κ3) is 2.25. The number of hydrogen-bond acceptors (Lipinski definition) is 5. The van der Waals surface area contributed by atoms with Gasteiger partial charge in [-0.2, -0.15) is 0 Å². The molecular formula is C10H14N4O2S. The normalized spacial score (nSPS) is 15.5. The Kier molecular flexibility index (Phi) is 3.03. The van der Waals surface area contributed by atoms with Crippen molar-refractivity contribution in [3.8, 4) is 0 Å². The highest BCUT2D eigenvalue weighted by molar-refractivity contribution is 7.16. The van der Waals surface area contributed by atoms with Crippen molar-refractivity contribution >= 4 is 28.2 Å². The van der Waals surface area contributed by atoms with E-state index in [-0.39, 0.29) is 12.5 Å². The van der Waals surface area contributed by atoms with E-state index in [1.165, 1.54) is 11.3 Å². The summed E-state index contributed by atoms with van der Waals surface area (Å²) in [6, 6.07) is 0. The number of fused-ring (bicyclic) bond motifs is 1. The van der Waals surface area contributed by atoms with Gasteiger partial charge in [0.15, 0.2) is 0 Å². The minimum atomic E-state index is -0.483. The van der Waals surface area contributed by atoms with Crippen molar-refractivity contribution < 1.29 is 9.59 Å². The van der Waals surface area contributed by atoms with E-state index in [9.17, 15) is 9.59 Å². The van der Waals surface area contributed by atoms with Crippen molar-refractivity contribution in [1.82, 2.24) is 4.90 Å². The monoisotopic (exact) mass is 254 g/mol. The number of anilines is 1. The fraction of sp³-hybridized carbons (Fsp3) is 0.400. The maximum Gasteiger partial charge on any atom is 0.251 e. The zero-order valence-electron chi connectivity index (χ0n) is 9.23. The number of thiophene rings is 1. The molecule has 92 valence electrons. The van der Waals surface area contributed by atoms with Crippen LogP contribution in [0.1, 0.15) is 20.8 Å². The predicted octanol–water partition coefficient (Wildman–Crippen LogP) is -0.727. The van der Waals surface area contributed by atoms with E-state index in [1.807, 2.05) is 4.90 Å². The zero-order valence-corrected chi connectivity index (χ0v) is 10.0. The number of amides is 2. The predicted molar refractivity (Wildman–Crippen MR) is 65.4 cm³/mol. The molecule has 1 aromatic rings. The summed E-state index contributed by atoms with van der Waals surface area (Å²) >= 11 is 1.36. The fourth-order valence-corrected chi connectivity index (χ4v) is 3.27. The summed E-state index contributed by atoms with van der Waals surface area (Å²) in [5.74, 6) is -0.837. The molecule has 6 nitrogen and oxygen atoms in total. The summed E-state index contributed by atoms with van der Waals surface area (Å²) in [6.45, 7) is 1.51. The highest BCUT2D eigenvalue weighted by Crippen LogP contribution is 2.34. The van der Waals surface area contributed by atoms with Gasteiger partial charge in [0.1, 0.15) is 0 Å². The first-order valence-electron chi connectivity index (χ1n) is 5.19. The summed E-state index contributed by atoms with van der Waals surface area (Å²) in [7, 11) is 0. The van der Waals surface area contributed by atoms with Crippen LogP contribution in [0, 0.1) is 0 Å². The molecule has 0 saturated heterocycles. The Bertz CT molecular complexity index is 483. The van der Waals surface area contributed by atoms with E-state index in [0.717, 1.165) is 10.4 Å². The SMILES string of the molecule is NC(=O)CN1CCc2c(sc(N)c2C(N)=O)C1. The summed E-state index contributed by atoms with van der Waals surface area (Å²) in [4.78, 5) is 25.1. The number of carbonyl (C=O) groups excluding carboxylic acids is 2. The van der Waals surface area contributed by atoms with Crippen LogP contribution in [0.15, 0.2) is 0 Å². The Balaban J connectivity index is 2.26. The van der Waals surface area contributed by atoms with Gasteiger partial charge in [-0.1, -0.05) is 0 Å². The van der Waals surface area contributed by atoms with E-state index in [4.69, 9.17) is 17.2 Å². The number of primary amides is 2. The quantitative estimate of drug-likeness (QED) is 0.659. The Labute approximate surface area is 102 Å². The molecule has 0 saturated carbocycles. The number of nitrogens with zero attached hydrogens (tertiary/aromatic N) is 1. The van der Waals surface area contributed by atoms with Gasteiger partial charge in [0, 0.05) is 18.0 Å². The highest BCUT2D eigenvalue weighted by atomic mass is 32.1. The molecule has 1 aromatic heterocycles. The third-order valence-corrected chi connectivity index (χ3v) is 3.83. The van der Waals surface area contributed by atoms with Gasteiger partial charge >= 0.3 is 0 Å². The van der Waals surface area contributed by atoms with Crippen molar-refractivity contribution in [2.45, 2.75) is 13.0 Å². The summed E-state index contributed by atoms with van der Waals surface area (Å²) in [5.41, 5.74) is 17.6. The van der Waals surface area contributed by atoms with Crippen LogP contribution in [0.2, 0.25) is 0 Å². The molecule has 0 unspecified atom stereocenters. The van der Waals surface area contributed by atoms with Gasteiger partial charge in [-0.25, -0.2) is 0 Å². The van der Waals surface area contributed by atoms with Crippen LogP contribution in [-0.2, 0) is 17.8 Å². The number of hydrogen-bond donors (Lipinski definition) is 3. The van der Waals surface area contributed by atoms with Crippen molar-refractivity contribution in [2.75, 3.05) is 18.8 Å². The van der Waals surface area contributed by atoms with Gasteiger partial charge in [-0.05, 0) is 12.0 Å². The molecule has 1 aliphatic rings. The minimum absolute atomic E-state index is 0.225. The number of nitrogens with two attached hydrogens (primary N) is 3. The average molecular weight is 254 g/mol. The second kappa shape index (κ2) is 4.34. The maximum absolute atomic E-state index is 11.3. The van der Waals surface area contributed by atoms with E-state index < -0.39 is 5.91 Å². The second-order valence-corrected chi connectivity index (χ2v) is 5.17. The largest absolute Gasteiger partial charge is 0.390 e. The van der Waals surface area contributed by atoms with Crippen LogP contribution in [0.25, 0.3) is 0 Å². The molecule has 1 aliphatic heterocycles. The molecule has 0 spiro atoms. The average Bonchev–Trinajstić information content (AvgIpc) is 2.51. The first-order chi connectivity index (χ1) is 7.99. The van der Waals surface area contributed by atoms with Gasteiger partial charge < -0.3 is 17.2 Å². The van der Waals surface area contributed by atoms with E-state index in [2.05, 4.69) is 0 Å². The smallest absolute Gasteiger partial charge is 0.251 e. The van der Waals surface area contributed by atoms with Crippen LogP contribution < -0.4 is 17.2 Å². The maximum atomic E-state index is 11.3. The lowest BCUT2D eigenvalue weighted by Crippen LogP contribution is -2.37. The summed E-state index contributed by atoms with van der Waals surface area (Å²) < 4.78 is 0. The first kappa shape index (κ1) is 11.9. The van der Waals surface area contributed by atoms with Crippen molar-refractivity contribution in [1.29, 1.82) is 0 Å². The third-order valence-electron chi connectivity index (χ3n) is 2.79. The van der Waals surface area contributed by atoms with Crippen LogP contribution >= 0.6 is 11.3 Å². The number of rotatable bonds is 3. The molecule has 0 aromatic carbocycles. The Morgan fingerprint density at radius 1 is 1.35 bits per heavy atom. The standard InChI is InChI=1S/C10H14N4O2S/c11-7(15)4-14-2-1-5-6(3-14)17-10(13)8(5)9(12)16/h1-4,13H2,(H2,11,15)(H2,12,16). The molecule has 2 amide bonds. The van der Waals surface area contributed by atoms with E-state index in [0.29, 0.717) is 30.1 Å². The molecule has 7 heteroatoms. The lowest BCUT2D eigenvalue weighted by molar-refractivity contribution is -0.119. The Morgan fingerprint density at radius 2 is 2.06 bits per heavy atom. The van der Waals surface area contributed by atoms with Crippen molar-refractivity contribution in [3.63, 3.8) is 0 Å². The molecule has 0 radical (unpaired) electrons. The lowest BCUT2D eigenvalue weighted by atomic mass is 10.0. The molecule has 6 N–H and O–H groups in total. The van der Waals surface area contributed by atoms with Gasteiger partial charge in [0.25, 0.3) is 5.91 Å². The summed E-state index contributed by atoms with van der Waals surface area (Å²) in [6.07, 6.45) is 0.675. The highest BCUT2D eigenvalue weighted by Gasteiger charge is 2.26. The fourth-order valence-electron chi connectivity index (χ4n) is 2.10. The first-order valence-corrected chi connectivity index (χ1v) is 6.01. The molecule has 0 fully saturated rings. The molecule has 2 rings (SSSR count). The lowest BCUT2D eigenvalue weighted by Gasteiger charge is -2.25. The Morgan fingerprint density at radius 3 is 2.65 bits per heavy atom. The molecule has 2 heterocycles. The van der Waals surface area contributed by atoms with Crippen LogP contribution in [-0.4, -0.2) is 29.8 Å². The van der Waals surface area contributed by atoms with Gasteiger partial charge in [0.05, 0.1) is 17.1 Å². The number of carbonyl (C=O) groups is 2. The topological polar surface area (TPSA) is 115 Å². The van der Waals surface area contributed by atoms with E-state index in [1.54, 1.807) is 0 Å².